The predicted octanol–water partition coefficient (Wildman–Crippen LogP) is 3.24. The third-order valence-corrected chi connectivity index (χ3v) is 4.84. The van der Waals surface area contributed by atoms with Gasteiger partial charge in [0.1, 0.15) is 0 Å². The van der Waals surface area contributed by atoms with Crippen molar-refractivity contribution in [1.29, 1.82) is 0 Å². The van der Waals surface area contributed by atoms with Crippen LogP contribution in [0, 0.1) is 0 Å². The summed E-state index contributed by atoms with van der Waals surface area (Å²) in [5.41, 5.74) is 6.12. The molecule has 1 aliphatic heterocycles. The molecule has 118 valence electrons. The van der Waals surface area contributed by atoms with Crippen molar-refractivity contribution in [3.8, 4) is 0 Å². The monoisotopic (exact) mass is 316 g/mol. The second-order valence-corrected chi connectivity index (χ2v) is 6.24. The van der Waals surface area contributed by atoms with Crippen molar-refractivity contribution < 1.29 is 4.79 Å². The summed E-state index contributed by atoms with van der Waals surface area (Å²) in [6.07, 6.45) is 2.51. The molecule has 5 heteroatoms. The molecule has 0 radical (unpaired) electrons. The van der Waals surface area contributed by atoms with Gasteiger partial charge in [0.15, 0.2) is 0 Å². The van der Waals surface area contributed by atoms with Gasteiger partial charge in [-0.1, -0.05) is 18.2 Å². The van der Waals surface area contributed by atoms with Crippen LogP contribution in [0.3, 0.4) is 0 Å². The number of amides is 1. The summed E-state index contributed by atoms with van der Waals surface area (Å²) in [6.45, 7) is 1.39. The lowest BCUT2D eigenvalue weighted by Crippen LogP contribution is -2.35. The Kier molecular flexibility index (Phi) is 2.76. The van der Waals surface area contributed by atoms with Crippen LogP contribution in [0.5, 0.6) is 0 Å². The lowest BCUT2D eigenvalue weighted by Gasteiger charge is -2.27. The molecule has 5 nitrogen and oxygen atoms in total. The molecule has 0 saturated carbocycles. The first-order valence-electron chi connectivity index (χ1n) is 8.10. The van der Waals surface area contributed by atoms with Crippen LogP contribution in [-0.2, 0) is 13.0 Å². The molecular formula is C19H16N4O. The van der Waals surface area contributed by atoms with E-state index in [1.54, 1.807) is 6.33 Å². The van der Waals surface area contributed by atoms with E-state index in [0.29, 0.717) is 12.1 Å². The quantitative estimate of drug-likeness (QED) is 0.566. The molecule has 3 heterocycles. The zero-order chi connectivity index (χ0) is 16.1. The molecule has 0 fully saturated rings. The summed E-state index contributed by atoms with van der Waals surface area (Å²) in [6, 6.07) is 13.9. The number of imidazole rings is 1. The number of carbonyl (C=O) groups excluding carboxylic acids is 1. The molecule has 0 saturated heterocycles. The highest BCUT2D eigenvalue weighted by molar-refractivity contribution is 5.98. The summed E-state index contributed by atoms with van der Waals surface area (Å²) >= 11 is 0. The Morgan fingerprint density at radius 2 is 2.04 bits per heavy atom. The van der Waals surface area contributed by atoms with E-state index in [4.69, 9.17) is 0 Å². The van der Waals surface area contributed by atoms with E-state index < -0.39 is 0 Å². The van der Waals surface area contributed by atoms with Gasteiger partial charge >= 0.3 is 0 Å². The van der Waals surface area contributed by atoms with Gasteiger partial charge in [0.05, 0.1) is 17.4 Å². The number of nitrogens with one attached hydrogen (secondary N) is 2. The Balaban J connectivity index is 1.50. The topological polar surface area (TPSA) is 64.8 Å². The molecule has 0 aliphatic carbocycles. The summed E-state index contributed by atoms with van der Waals surface area (Å²) in [5.74, 6) is 0.0717. The molecule has 0 spiro atoms. The third kappa shape index (κ3) is 1.94. The summed E-state index contributed by atoms with van der Waals surface area (Å²) < 4.78 is 0. The van der Waals surface area contributed by atoms with Gasteiger partial charge in [0.2, 0.25) is 0 Å². The van der Waals surface area contributed by atoms with Crippen LogP contribution in [-0.4, -0.2) is 32.3 Å². The molecule has 0 unspecified atom stereocenters. The molecule has 24 heavy (non-hydrogen) atoms. The number of hydrogen-bond acceptors (Lipinski definition) is 2. The molecule has 5 rings (SSSR count). The smallest absolute Gasteiger partial charge is 0.254 e. The van der Waals surface area contributed by atoms with Crippen LogP contribution in [0.15, 0.2) is 48.8 Å². The molecule has 1 aliphatic rings. The van der Waals surface area contributed by atoms with E-state index in [2.05, 4.69) is 27.1 Å². The first-order valence-corrected chi connectivity index (χ1v) is 8.10. The molecule has 2 N–H and O–H groups in total. The summed E-state index contributed by atoms with van der Waals surface area (Å²) in [4.78, 5) is 25.6. The van der Waals surface area contributed by atoms with Crippen molar-refractivity contribution in [3.05, 3.63) is 65.6 Å². The summed E-state index contributed by atoms with van der Waals surface area (Å²) in [5, 5.41) is 1.22. The fourth-order valence-corrected chi connectivity index (χ4v) is 3.59. The highest BCUT2D eigenvalue weighted by Gasteiger charge is 2.24. The number of para-hydroxylation sites is 1. The fraction of sp³-hybridized carbons (Fsp3) is 0.158. The zero-order valence-electron chi connectivity index (χ0n) is 13.0. The van der Waals surface area contributed by atoms with Crippen LogP contribution in [0.4, 0.5) is 0 Å². The van der Waals surface area contributed by atoms with Crippen LogP contribution in [0.2, 0.25) is 0 Å². The minimum atomic E-state index is 0.0717. The Morgan fingerprint density at radius 1 is 1.12 bits per heavy atom. The second-order valence-electron chi connectivity index (χ2n) is 6.24. The van der Waals surface area contributed by atoms with E-state index in [0.717, 1.165) is 29.5 Å². The Bertz CT molecular complexity index is 1080. The number of aromatic nitrogens is 3. The average Bonchev–Trinajstić information content (AvgIpc) is 3.24. The minimum absolute atomic E-state index is 0.0717. The van der Waals surface area contributed by atoms with Crippen LogP contribution in [0.1, 0.15) is 21.6 Å². The minimum Gasteiger partial charge on any atom is -0.358 e. The Labute approximate surface area is 138 Å². The number of carbonyl (C=O) groups is 1. The van der Waals surface area contributed by atoms with Gasteiger partial charge in [-0.15, -0.1) is 0 Å². The molecule has 1 amide bonds. The number of nitrogens with zero attached hydrogens (tertiary/aromatic N) is 2. The van der Waals surface area contributed by atoms with Crippen LogP contribution >= 0.6 is 0 Å². The van der Waals surface area contributed by atoms with E-state index in [1.165, 1.54) is 16.6 Å². The van der Waals surface area contributed by atoms with Crippen molar-refractivity contribution >= 4 is 27.8 Å². The van der Waals surface area contributed by atoms with Crippen LogP contribution in [0.25, 0.3) is 21.9 Å². The number of benzene rings is 2. The largest absolute Gasteiger partial charge is 0.358 e. The first-order chi connectivity index (χ1) is 11.8. The predicted molar refractivity (Wildman–Crippen MR) is 92.8 cm³/mol. The van der Waals surface area contributed by atoms with Gasteiger partial charge in [-0.05, 0) is 24.3 Å². The summed E-state index contributed by atoms with van der Waals surface area (Å²) in [7, 11) is 0. The number of fused-ring (bicyclic) bond motifs is 4. The molecule has 2 aromatic carbocycles. The molecule has 4 aromatic rings. The van der Waals surface area contributed by atoms with Crippen molar-refractivity contribution in [2.75, 3.05) is 6.54 Å². The van der Waals surface area contributed by atoms with Crippen molar-refractivity contribution in [1.82, 2.24) is 19.9 Å². The lowest BCUT2D eigenvalue weighted by atomic mass is 10.0. The SMILES string of the molecule is O=C(c1ccc2nc[nH]c2c1)N1CCc2[nH]c3ccccc3c2C1. The third-order valence-electron chi connectivity index (χ3n) is 4.84. The maximum Gasteiger partial charge on any atom is 0.254 e. The number of H-pyrrole nitrogens is 2. The maximum absolute atomic E-state index is 12.9. The van der Waals surface area contributed by atoms with Gasteiger partial charge in [0.25, 0.3) is 5.91 Å². The van der Waals surface area contributed by atoms with Crippen molar-refractivity contribution in [3.63, 3.8) is 0 Å². The maximum atomic E-state index is 12.9. The Hall–Kier alpha value is -3.08. The van der Waals surface area contributed by atoms with Gasteiger partial charge in [0, 0.05) is 47.2 Å². The van der Waals surface area contributed by atoms with Gasteiger partial charge in [-0.25, -0.2) is 4.98 Å². The first kappa shape index (κ1) is 13.4. The molecule has 2 aromatic heterocycles. The van der Waals surface area contributed by atoms with Crippen molar-refractivity contribution in [2.45, 2.75) is 13.0 Å². The number of aromatic amines is 2. The lowest BCUT2D eigenvalue weighted by molar-refractivity contribution is 0.0735. The second kappa shape index (κ2) is 4.96. The number of hydrogen-bond donors (Lipinski definition) is 2. The van der Waals surface area contributed by atoms with Gasteiger partial charge in [-0.3, -0.25) is 4.79 Å². The molecule has 0 atom stereocenters. The highest BCUT2D eigenvalue weighted by Crippen LogP contribution is 2.28. The zero-order valence-corrected chi connectivity index (χ0v) is 13.0. The number of rotatable bonds is 1. The highest BCUT2D eigenvalue weighted by atomic mass is 16.2. The van der Waals surface area contributed by atoms with Gasteiger partial charge in [-0.2, -0.15) is 0 Å². The Morgan fingerprint density at radius 3 is 3.00 bits per heavy atom. The van der Waals surface area contributed by atoms with Gasteiger partial charge < -0.3 is 14.9 Å². The van der Waals surface area contributed by atoms with Crippen molar-refractivity contribution in [2.24, 2.45) is 0 Å². The molecular weight excluding hydrogens is 300 g/mol. The van der Waals surface area contributed by atoms with Crippen LogP contribution < -0.4 is 0 Å². The van der Waals surface area contributed by atoms with E-state index in [9.17, 15) is 4.79 Å². The standard InChI is InChI=1S/C19H16N4O/c24-19(12-5-6-17-18(9-12)21-11-20-17)23-8-7-16-14(10-23)13-3-1-2-4-15(13)22-16/h1-6,9,11,22H,7-8,10H2,(H,20,21). The molecule has 0 bridgehead atoms. The fourth-order valence-electron chi connectivity index (χ4n) is 3.59. The van der Waals surface area contributed by atoms with E-state index >= 15 is 0 Å². The van der Waals surface area contributed by atoms with E-state index in [1.807, 2.05) is 35.2 Å². The van der Waals surface area contributed by atoms with E-state index in [-0.39, 0.29) is 5.91 Å². The average molecular weight is 316 g/mol. The normalized spacial score (nSPS) is 14.2.